The SMILES string of the molecule is Cc1ccc(CN(C(=O)OC(C)(C)C)c2ccc(C=O)c(C)n2)cc1.Cc1ccc(CNc2ccc(Br)c(C)n2)cc1.Cc1ccc(CNc2ccc(C=O)c(C)n2)cc1.Cc1nc(N)ccc1Br.O=Cc1ccc(C(F)(F)F)cc1.c1cnc2[nH]ccc2c1. The summed E-state index contributed by atoms with van der Waals surface area (Å²) in [7, 11) is 0. The molecule has 0 radical (unpaired) electrons. The average Bonchev–Trinajstić information content (AvgIpc) is 2.23. The number of nitrogen functional groups attached to an aromatic ring is 1. The summed E-state index contributed by atoms with van der Waals surface area (Å²) in [5.41, 5.74) is 16.7. The highest BCUT2D eigenvalue weighted by molar-refractivity contribution is 9.10. The monoisotopic (exact) mass is 1350 g/mol. The summed E-state index contributed by atoms with van der Waals surface area (Å²) in [5, 5.41) is 7.73. The van der Waals surface area contributed by atoms with Crippen LogP contribution in [0.3, 0.4) is 0 Å². The second-order valence-electron chi connectivity index (χ2n) is 21.4. The molecule has 4 aromatic carbocycles. The van der Waals surface area contributed by atoms with E-state index >= 15 is 0 Å². The Labute approximate surface area is 540 Å². The van der Waals surface area contributed by atoms with E-state index in [1.807, 2.05) is 121 Å². The molecular weight excluding hydrogens is 1280 g/mol. The molecule has 0 saturated carbocycles. The lowest BCUT2D eigenvalue weighted by Gasteiger charge is -2.27. The van der Waals surface area contributed by atoms with E-state index < -0.39 is 23.4 Å². The van der Waals surface area contributed by atoms with E-state index in [0.717, 1.165) is 110 Å². The van der Waals surface area contributed by atoms with E-state index in [2.05, 4.69) is 135 Å². The molecule has 5 N–H and O–H groups in total. The van der Waals surface area contributed by atoms with Crippen LogP contribution in [0.4, 0.5) is 41.2 Å². The lowest BCUT2D eigenvalue weighted by Crippen LogP contribution is -2.37. The fourth-order valence-electron chi connectivity index (χ4n) is 7.70. The number of rotatable bonds is 12. The van der Waals surface area contributed by atoms with Crippen molar-refractivity contribution < 1.29 is 37.1 Å². The van der Waals surface area contributed by atoms with Gasteiger partial charge in [-0.15, -0.1) is 0 Å². The van der Waals surface area contributed by atoms with Crippen LogP contribution in [-0.4, -0.2) is 60.5 Å². The fourth-order valence-corrected chi connectivity index (χ4v) is 8.14. The minimum absolute atomic E-state index is 0.239. The van der Waals surface area contributed by atoms with Gasteiger partial charge in [-0.1, -0.05) is 102 Å². The number of aromatic nitrogens is 6. The number of amides is 1. The van der Waals surface area contributed by atoms with Crippen LogP contribution in [0.15, 0.2) is 185 Å². The van der Waals surface area contributed by atoms with E-state index in [-0.39, 0.29) is 5.56 Å². The molecule has 1 amide bonds. The van der Waals surface area contributed by atoms with Gasteiger partial charge in [-0.3, -0.25) is 19.3 Å². The number of H-pyrrole nitrogens is 1. The van der Waals surface area contributed by atoms with Gasteiger partial charge in [0.1, 0.15) is 40.8 Å². The van der Waals surface area contributed by atoms with E-state index in [4.69, 9.17) is 10.5 Å². The molecule has 6 aromatic heterocycles. The van der Waals surface area contributed by atoms with Gasteiger partial charge in [0.2, 0.25) is 0 Å². The molecule has 90 heavy (non-hydrogen) atoms. The van der Waals surface area contributed by atoms with Crippen molar-refractivity contribution in [2.45, 2.75) is 101 Å². The molecule has 0 saturated heterocycles. The summed E-state index contributed by atoms with van der Waals surface area (Å²) in [6.07, 6.45) is 0.937. The molecule has 10 rings (SSSR count). The van der Waals surface area contributed by atoms with E-state index in [1.165, 1.54) is 27.2 Å². The normalized spacial score (nSPS) is 10.5. The largest absolute Gasteiger partial charge is 0.443 e. The summed E-state index contributed by atoms with van der Waals surface area (Å²) >= 11 is 6.75. The number of hydrogen-bond donors (Lipinski definition) is 4. The first-order chi connectivity index (χ1) is 42.7. The minimum Gasteiger partial charge on any atom is -0.443 e. The van der Waals surface area contributed by atoms with Gasteiger partial charge in [-0.2, -0.15) is 13.2 Å². The molecule has 6 heterocycles. The van der Waals surface area contributed by atoms with Crippen molar-refractivity contribution in [2.24, 2.45) is 0 Å². The molecule has 0 aliphatic heterocycles. The minimum atomic E-state index is -4.33. The number of aromatic amines is 1. The number of carbonyl (C=O) groups is 4. The van der Waals surface area contributed by atoms with Crippen molar-refractivity contribution in [3.63, 3.8) is 0 Å². The highest BCUT2D eigenvalue weighted by Crippen LogP contribution is 2.29. The van der Waals surface area contributed by atoms with Crippen LogP contribution >= 0.6 is 31.9 Å². The molecule has 468 valence electrons. The molecule has 10 aromatic rings. The number of nitrogens with zero attached hydrogens (tertiary/aromatic N) is 6. The van der Waals surface area contributed by atoms with Crippen molar-refractivity contribution in [1.29, 1.82) is 0 Å². The second kappa shape index (κ2) is 35.0. The molecule has 0 spiro atoms. The number of benzene rings is 4. The summed E-state index contributed by atoms with van der Waals surface area (Å²) in [6.45, 7) is 21.0. The van der Waals surface area contributed by atoms with Crippen LogP contribution in [0.5, 0.6) is 0 Å². The lowest BCUT2D eigenvalue weighted by molar-refractivity contribution is -0.137. The number of pyridine rings is 5. The van der Waals surface area contributed by atoms with Crippen molar-refractivity contribution >= 4 is 91.1 Å². The Morgan fingerprint density at radius 1 is 0.567 bits per heavy atom. The van der Waals surface area contributed by atoms with Crippen molar-refractivity contribution in [3.05, 3.63) is 264 Å². The van der Waals surface area contributed by atoms with Gasteiger partial charge in [0.15, 0.2) is 12.6 Å². The van der Waals surface area contributed by atoms with Gasteiger partial charge in [-0.05, 0) is 197 Å². The summed E-state index contributed by atoms with van der Waals surface area (Å²) < 4.78 is 43.4. The highest BCUT2D eigenvalue weighted by atomic mass is 79.9. The number of hydrogen-bond acceptors (Lipinski definition) is 13. The van der Waals surface area contributed by atoms with Gasteiger partial charge in [0.25, 0.3) is 0 Å². The maximum Gasteiger partial charge on any atom is 0.416 e. The standard InChI is InChI=1S/C20H24N2O3.C15H16N2O.C14H15BrN2.C8H5F3O.C7H6N2.C6H7BrN2/c1-14-6-8-16(9-7-14)12-22(19(24)25-20(3,4)5)18-11-10-17(13-23)15(2)21-18;1-11-3-5-13(6-4-11)9-16-15-8-7-14(10-18)12(2)17-15;1-10-3-5-12(6-4-10)9-16-14-8-7-13(15)11(2)17-14;9-8(10,11)7-3-1-6(5-12)2-4-7;1-2-6-3-5-9-7(6)8-4-1;1-4-5(7)2-3-6(8)9-4/h6-11,13H,12H2,1-5H3;3-8,10H,9H2,1-2H3,(H,16,17);3-8H,9H2,1-2H3,(H,16,17);1-5H;1-5H,(H,8,9);2-3H,1H3,(H2,8,9). The first-order valence-corrected chi connectivity index (χ1v) is 29.9. The van der Waals surface area contributed by atoms with E-state index in [1.54, 1.807) is 37.4 Å². The average molecular weight is 1350 g/mol. The van der Waals surface area contributed by atoms with Gasteiger partial charge in [-0.25, -0.2) is 29.7 Å². The predicted octanol–water partition coefficient (Wildman–Crippen LogP) is 17.5. The van der Waals surface area contributed by atoms with Crippen LogP contribution in [-0.2, 0) is 30.5 Å². The Morgan fingerprint density at radius 3 is 1.49 bits per heavy atom. The third kappa shape index (κ3) is 24.6. The van der Waals surface area contributed by atoms with E-state index in [0.29, 0.717) is 41.3 Å². The quantitative estimate of drug-likeness (QED) is 0.0840. The number of fused-ring (bicyclic) bond motifs is 1. The van der Waals surface area contributed by atoms with Gasteiger partial charge >= 0.3 is 12.3 Å². The fraction of sp³-hybridized carbons (Fsp3) is 0.214. The van der Waals surface area contributed by atoms with E-state index in [9.17, 15) is 32.3 Å². The van der Waals surface area contributed by atoms with Crippen LogP contribution < -0.4 is 21.3 Å². The van der Waals surface area contributed by atoms with Crippen LogP contribution in [0, 0.1) is 48.5 Å². The van der Waals surface area contributed by atoms with Crippen molar-refractivity contribution in [2.75, 3.05) is 21.3 Å². The Bertz CT molecular complexity index is 3890. The topological polar surface area (TPSA) is 211 Å². The Kier molecular flexibility index (Phi) is 27.7. The zero-order valence-corrected chi connectivity index (χ0v) is 55.0. The van der Waals surface area contributed by atoms with Gasteiger partial charge in [0, 0.05) is 56.5 Å². The number of halogens is 5. The summed E-state index contributed by atoms with van der Waals surface area (Å²) in [4.78, 5) is 70.2. The number of aldehydes is 3. The van der Waals surface area contributed by atoms with Crippen molar-refractivity contribution in [3.8, 4) is 0 Å². The molecule has 0 unspecified atom stereocenters. The predicted molar refractivity (Wildman–Crippen MR) is 360 cm³/mol. The maximum atomic E-state index is 12.7. The molecular formula is C70H73Br2F3N10O5. The molecule has 20 heteroatoms. The zero-order valence-electron chi connectivity index (χ0n) is 51.8. The molecule has 15 nitrogen and oxygen atoms in total. The number of alkyl halides is 3. The smallest absolute Gasteiger partial charge is 0.416 e. The number of aryl methyl sites for hydroxylation is 7. The maximum absolute atomic E-state index is 12.7. The molecule has 0 bridgehead atoms. The zero-order chi connectivity index (χ0) is 66.0. The Balaban J connectivity index is 0.000000203. The van der Waals surface area contributed by atoms with Crippen LogP contribution in [0.2, 0.25) is 0 Å². The number of carbonyl (C=O) groups excluding carboxylic acids is 4. The van der Waals surface area contributed by atoms with Crippen LogP contribution in [0.1, 0.15) is 114 Å². The molecule has 0 fully saturated rings. The first kappa shape index (κ1) is 71.4. The number of nitrogens with one attached hydrogen (secondary N) is 3. The third-order valence-electron chi connectivity index (χ3n) is 12.8. The molecule has 0 aliphatic rings. The molecule has 0 aliphatic carbocycles. The summed E-state index contributed by atoms with van der Waals surface area (Å²) in [5.74, 6) is 2.72. The lowest BCUT2D eigenvalue weighted by atomic mass is 10.1. The third-order valence-corrected chi connectivity index (χ3v) is 14.5. The number of nitrogens with two attached hydrogens (primary N) is 1. The summed E-state index contributed by atoms with van der Waals surface area (Å²) in [6, 6.07) is 49.4. The highest BCUT2D eigenvalue weighted by Gasteiger charge is 2.30. The Hall–Kier alpha value is -9.40. The number of ether oxygens (including phenoxy) is 1. The van der Waals surface area contributed by atoms with Crippen molar-refractivity contribution in [1.82, 2.24) is 29.9 Å². The van der Waals surface area contributed by atoms with Crippen LogP contribution in [0.25, 0.3) is 11.0 Å². The molecule has 0 atom stereocenters. The van der Waals surface area contributed by atoms with Gasteiger partial charge in [0.05, 0.1) is 34.9 Å². The second-order valence-corrected chi connectivity index (χ2v) is 23.1. The Morgan fingerprint density at radius 2 is 1.04 bits per heavy atom. The number of anilines is 4. The van der Waals surface area contributed by atoms with Gasteiger partial charge < -0.3 is 26.1 Å². The first-order valence-electron chi connectivity index (χ1n) is 28.3.